The lowest BCUT2D eigenvalue weighted by Crippen LogP contribution is -1.86. The Labute approximate surface area is 90.6 Å². The molecule has 1 aromatic heterocycles. The van der Waals surface area contributed by atoms with E-state index in [-0.39, 0.29) is 6.61 Å². The number of carbonyl (C=O) groups excluding carboxylic acids is 1. The molecule has 0 fully saturated rings. The highest BCUT2D eigenvalue weighted by atomic mass is 32.1. The van der Waals surface area contributed by atoms with Crippen molar-refractivity contribution in [3.05, 3.63) is 28.6 Å². The van der Waals surface area contributed by atoms with Crippen molar-refractivity contribution in [3.63, 3.8) is 0 Å². The van der Waals surface area contributed by atoms with Gasteiger partial charge in [-0.3, -0.25) is 4.79 Å². The van der Waals surface area contributed by atoms with Crippen LogP contribution in [-0.4, -0.2) is 11.4 Å². The van der Waals surface area contributed by atoms with E-state index in [4.69, 9.17) is 5.11 Å². The third-order valence-electron chi connectivity index (χ3n) is 2.10. The summed E-state index contributed by atoms with van der Waals surface area (Å²) in [6.07, 6.45) is 0.832. The lowest BCUT2D eigenvalue weighted by Gasteiger charge is -2.01. The highest BCUT2D eigenvalue weighted by Crippen LogP contribution is 2.29. The van der Waals surface area contributed by atoms with Crippen molar-refractivity contribution in [3.8, 4) is 0 Å². The van der Waals surface area contributed by atoms with E-state index in [1.54, 1.807) is 0 Å². The van der Waals surface area contributed by atoms with Crippen LogP contribution in [0.1, 0.15) is 15.9 Å². The number of hydrogen-bond donors (Lipinski definition) is 2. The smallest absolute Gasteiger partial charge is 0.151 e. The van der Waals surface area contributed by atoms with Gasteiger partial charge < -0.3 is 5.11 Å². The number of thiophene rings is 1. The number of rotatable bonds is 2. The van der Waals surface area contributed by atoms with Gasteiger partial charge >= 0.3 is 0 Å². The molecule has 0 radical (unpaired) electrons. The van der Waals surface area contributed by atoms with Gasteiger partial charge in [0.15, 0.2) is 6.29 Å². The fourth-order valence-corrected chi connectivity index (χ4v) is 2.62. The molecule has 2 aromatic rings. The zero-order valence-electron chi connectivity index (χ0n) is 7.23. The largest absolute Gasteiger partial charge is 0.392 e. The van der Waals surface area contributed by atoms with Crippen LogP contribution in [0, 0.1) is 0 Å². The van der Waals surface area contributed by atoms with Crippen LogP contribution in [0.3, 0.4) is 0 Å². The number of thiol groups is 1. The fraction of sp³-hybridized carbons (Fsp3) is 0.100. The molecule has 2 rings (SSSR count). The van der Waals surface area contributed by atoms with Crippen molar-refractivity contribution in [2.24, 2.45) is 0 Å². The summed E-state index contributed by atoms with van der Waals surface area (Å²) < 4.78 is 1.02. The molecule has 72 valence electrons. The van der Waals surface area contributed by atoms with Crippen LogP contribution in [-0.2, 0) is 6.61 Å². The minimum atomic E-state index is -0.0527. The van der Waals surface area contributed by atoms with Crippen LogP contribution < -0.4 is 0 Å². The van der Waals surface area contributed by atoms with E-state index in [1.165, 1.54) is 11.3 Å². The number of aldehydes is 1. The standard InChI is InChI=1S/C10H8O2S2/c11-3-6-1-8-7(4-12)5-14-10(8)2-9(6)13/h1-2,4-5,11,13H,3H2. The lowest BCUT2D eigenvalue weighted by molar-refractivity contribution is 0.112. The van der Waals surface area contributed by atoms with E-state index in [0.717, 1.165) is 26.8 Å². The lowest BCUT2D eigenvalue weighted by atomic mass is 10.1. The number of fused-ring (bicyclic) bond motifs is 1. The van der Waals surface area contributed by atoms with Gasteiger partial charge in [-0.25, -0.2) is 0 Å². The minimum Gasteiger partial charge on any atom is -0.392 e. The Hall–Kier alpha value is -0.840. The van der Waals surface area contributed by atoms with Crippen LogP contribution in [0.15, 0.2) is 22.4 Å². The van der Waals surface area contributed by atoms with Crippen LogP contribution in [0.4, 0.5) is 0 Å². The quantitative estimate of drug-likeness (QED) is 0.607. The number of carbonyl (C=O) groups is 1. The normalized spacial score (nSPS) is 10.7. The Balaban J connectivity index is 2.76. The molecule has 0 aliphatic rings. The second-order valence-electron chi connectivity index (χ2n) is 2.94. The Bertz CT molecular complexity index is 488. The van der Waals surface area contributed by atoms with Crippen LogP contribution in [0.25, 0.3) is 10.1 Å². The SMILES string of the molecule is O=Cc1csc2cc(S)c(CO)cc12. The summed E-state index contributed by atoms with van der Waals surface area (Å²) in [6.45, 7) is -0.0527. The molecule has 14 heavy (non-hydrogen) atoms. The van der Waals surface area contributed by atoms with E-state index in [2.05, 4.69) is 12.6 Å². The van der Waals surface area contributed by atoms with Crippen LogP contribution >= 0.6 is 24.0 Å². The number of benzene rings is 1. The predicted octanol–water partition coefficient (Wildman–Crippen LogP) is 2.49. The van der Waals surface area contributed by atoms with Gasteiger partial charge in [-0.2, -0.15) is 0 Å². The average molecular weight is 224 g/mol. The summed E-state index contributed by atoms with van der Waals surface area (Å²) in [4.78, 5) is 11.5. The second-order valence-corrected chi connectivity index (χ2v) is 4.34. The van der Waals surface area contributed by atoms with Crippen molar-refractivity contribution in [1.82, 2.24) is 0 Å². The first-order valence-corrected chi connectivity index (χ1v) is 5.38. The van der Waals surface area contributed by atoms with Gasteiger partial charge in [-0.05, 0) is 17.7 Å². The van der Waals surface area contributed by atoms with E-state index >= 15 is 0 Å². The molecule has 0 spiro atoms. The molecule has 1 heterocycles. The van der Waals surface area contributed by atoms with Crippen molar-refractivity contribution >= 4 is 40.3 Å². The first kappa shape index (κ1) is 9.71. The van der Waals surface area contributed by atoms with E-state index in [0.29, 0.717) is 5.56 Å². The van der Waals surface area contributed by atoms with E-state index in [9.17, 15) is 4.79 Å². The molecular formula is C10H8O2S2. The molecule has 0 aliphatic carbocycles. The third kappa shape index (κ3) is 1.45. The van der Waals surface area contributed by atoms with Gasteiger partial charge in [-0.1, -0.05) is 0 Å². The maximum Gasteiger partial charge on any atom is 0.151 e. The van der Waals surface area contributed by atoms with Crippen molar-refractivity contribution in [2.45, 2.75) is 11.5 Å². The van der Waals surface area contributed by atoms with Crippen LogP contribution in [0.5, 0.6) is 0 Å². The summed E-state index contributed by atoms with van der Waals surface area (Å²) >= 11 is 5.76. The molecule has 0 saturated carbocycles. The third-order valence-corrected chi connectivity index (χ3v) is 3.48. The maximum absolute atomic E-state index is 10.7. The summed E-state index contributed by atoms with van der Waals surface area (Å²) in [6, 6.07) is 3.69. The summed E-state index contributed by atoms with van der Waals surface area (Å²) in [7, 11) is 0. The van der Waals surface area contributed by atoms with Crippen molar-refractivity contribution in [1.29, 1.82) is 0 Å². The topological polar surface area (TPSA) is 37.3 Å². The minimum absolute atomic E-state index is 0.0527. The predicted molar refractivity (Wildman–Crippen MR) is 60.4 cm³/mol. The first-order chi connectivity index (χ1) is 6.76. The Morgan fingerprint density at radius 3 is 2.93 bits per heavy atom. The molecule has 1 N–H and O–H groups in total. The second kappa shape index (κ2) is 3.73. The zero-order chi connectivity index (χ0) is 10.1. The van der Waals surface area contributed by atoms with Gasteiger partial charge in [0.05, 0.1) is 6.61 Å². The van der Waals surface area contributed by atoms with Crippen LogP contribution in [0.2, 0.25) is 0 Å². The highest BCUT2D eigenvalue weighted by molar-refractivity contribution is 7.80. The summed E-state index contributed by atoms with van der Waals surface area (Å²) in [5.41, 5.74) is 1.43. The Kier molecular flexibility index (Phi) is 2.58. The zero-order valence-corrected chi connectivity index (χ0v) is 8.94. The Morgan fingerprint density at radius 2 is 2.29 bits per heavy atom. The Morgan fingerprint density at radius 1 is 1.50 bits per heavy atom. The number of aliphatic hydroxyl groups is 1. The molecule has 0 aliphatic heterocycles. The molecule has 0 saturated heterocycles. The van der Waals surface area contributed by atoms with Crippen molar-refractivity contribution in [2.75, 3.05) is 0 Å². The molecule has 0 bridgehead atoms. The number of aliphatic hydroxyl groups excluding tert-OH is 1. The molecular weight excluding hydrogens is 216 g/mol. The van der Waals surface area contributed by atoms with E-state index in [1.807, 2.05) is 17.5 Å². The summed E-state index contributed by atoms with van der Waals surface area (Å²) in [5.74, 6) is 0. The van der Waals surface area contributed by atoms with Crippen molar-refractivity contribution < 1.29 is 9.90 Å². The van der Waals surface area contributed by atoms with Gasteiger partial charge in [0.2, 0.25) is 0 Å². The fourth-order valence-electron chi connectivity index (χ4n) is 1.35. The number of hydrogen-bond acceptors (Lipinski definition) is 4. The van der Waals surface area contributed by atoms with Gasteiger partial charge in [0.25, 0.3) is 0 Å². The van der Waals surface area contributed by atoms with Gasteiger partial charge in [-0.15, -0.1) is 24.0 Å². The average Bonchev–Trinajstić information content (AvgIpc) is 2.58. The van der Waals surface area contributed by atoms with Gasteiger partial charge in [0.1, 0.15) is 0 Å². The maximum atomic E-state index is 10.7. The monoisotopic (exact) mass is 224 g/mol. The summed E-state index contributed by atoms with van der Waals surface area (Å²) in [5, 5.41) is 11.8. The molecule has 4 heteroatoms. The van der Waals surface area contributed by atoms with E-state index < -0.39 is 0 Å². The molecule has 0 amide bonds. The molecule has 0 atom stereocenters. The molecule has 0 unspecified atom stereocenters. The van der Waals surface area contributed by atoms with Gasteiger partial charge in [0, 0.05) is 25.9 Å². The molecule has 2 nitrogen and oxygen atoms in total. The molecule has 1 aromatic carbocycles. The highest BCUT2D eigenvalue weighted by Gasteiger charge is 2.06. The first-order valence-electron chi connectivity index (χ1n) is 4.05.